The first kappa shape index (κ1) is 16.0. The summed E-state index contributed by atoms with van der Waals surface area (Å²) in [6, 6.07) is 0. The number of amides is 1. The summed E-state index contributed by atoms with van der Waals surface area (Å²) in [5, 5.41) is 9.48. The average Bonchev–Trinajstić information content (AvgIpc) is 2.75. The van der Waals surface area contributed by atoms with Gasteiger partial charge in [-0.3, -0.25) is 9.59 Å². The van der Waals surface area contributed by atoms with Crippen LogP contribution in [0.5, 0.6) is 0 Å². The Balaban J connectivity index is 2.85. The Labute approximate surface area is 115 Å². The van der Waals surface area contributed by atoms with E-state index in [0.717, 1.165) is 0 Å². The molecule has 0 aliphatic carbocycles. The molecule has 0 aromatic carbocycles. The second kappa shape index (κ2) is 5.90. The quantitative estimate of drug-likeness (QED) is 0.785. The van der Waals surface area contributed by atoms with E-state index in [0.29, 0.717) is 26.1 Å². The van der Waals surface area contributed by atoms with Crippen LogP contribution < -0.4 is 5.73 Å². The van der Waals surface area contributed by atoms with E-state index in [1.54, 1.807) is 4.90 Å². The average molecular weight is 270 g/mol. The van der Waals surface area contributed by atoms with Gasteiger partial charge in [-0.05, 0) is 18.3 Å². The van der Waals surface area contributed by atoms with Gasteiger partial charge in [0, 0.05) is 19.6 Å². The zero-order chi connectivity index (χ0) is 14.8. The van der Waals surface area contributed by atoms with Crippen LogP contribution in [0.3, 0.4) is 0 Å². The van der Waals surface area contributed by atoms with Crippen LogP contribution >= 0.6 is 0 Å². The van der Waals surface area contributed by atoms with Crippen LogP contribution in [0.2, 0.25) is 0 Å². The monoisotopic (exact) mass is 270 g/mol. The third kappa shape index (κ3) is 2.91. The van der Waals surface area contributed by atoms with E-state index >= 15 is 0 Å². The molecule has 1 heterocycles. The highest BCUT2D eigenvalue weighted by Gasteiger charge is 2.49. The van der Waals surface area contributed by atoms with Crippen LogP contribution in [0.15, 0.2) is 0 Å². The SMILES string of the molecule is CC(C)C(CN)C(=O)N1CCC(C(=O)O)(C(C)C)C1. The molecule has 1 amide bonds. The van der Waals surface area contributed by atoms with E-state index < -0.39 is 11.4 Å². The summed E-state index contributed by atoms with van der Waals surface area (Å²) in [6.07, 6.45) is 0.529. The van der Waals surface area contributed by atoms with Crippen molar-refractivity contribution in [2.24, 2.45) is 28.9 Å². The number of carboxylic acid groups (broad SMARTS) is 1. The van der Waals surface area contributed by atoms with Crippen molar-refractivity contribution in [2.45, 2.75) is 34.1 Å². The molecule has 5 nitrogen and oxygen atoms in total. The van der Waals surface area contributed by atoms with Crippen molar-refractivity contribution >= 4 is 11.9 Å². The highest BCUT2D eigenvalue weighted by atomic mass is 16.4. The molecule has 1 aliphatic heterocycles. The fourth-order valence-electron chi connectivity index (χ4n) is 2.81. The normalized spacial score (nSPS) is 25.1. The lowest BCUT2D eigenvalue weighted by atomic mass is 9.76. The number of rotatable bonds is 5. The van der Waals surface area contributed by atoms with E-state index in [9.17, 15) is 14.7 Å². The molecule has 5 heteroatoms. The Kier molecular flexibility index (Phi) is 4.96. The maximum atomic E-state index is 12.4. The van der Waals surface area contributed by atoms with Crippen LogP contribution in [0, 0.1) is 23.2 Å². The fraction of sp³-hybridized carbons (Fsp3) is 0.857. The second-order valence-electron chi connectivity index (χ2n) is 6.21. The molecule has 0 aromatic heterocycles. The smallest absolute Gasteiger partial charge is 0.311 e. The molecular formula is C14H26N2O3. The Bertz CT molecular complexity index is 355. The molecule has 1 fully saturated rings. The number of nitrogens with two attached hydrogens (primary N) is 1. The van der Waals surface area contributed by atoms with Crippen LogP contribution in [-0.2, 0) is 9.59 Å². The molecule has 1 rings (SSSR count). The number of carboxylic acids is 1. The van der Waals surface area contributed by atoms with Crippen molar-refractivity contribution in [1.82, 2.24) is 4.90 Å². The molecule has 19 heavy (non-hydrogen) atoms. The van der Waals surface area contributed by atoms with Crippen LogP contribution in [-0.4, -0.2) is 41.5 Å². The number of carbonyl (C=O) groups excluding carboxylic acids is 1. The van der Waals surface area contributed by atoms with Gasteiger partial charge in [0.15, 0.2) is 0 Å². The Morgan fingerprint density at radius 1 is 1.32 bits per heavy atom. The van der Waals surface area contributed by atoms with Gasteiger partial charge >= 0.3 is 5.97 Å². The molecule has 0 radical (unpaired) electrons. The highest BCUT2D eigenvalue weighted by Crippen LogP contribution is 2.38. The topological polar surface area (TPSA) is 83.6 Å². The van der Waals surface area contributed by atoms with Gasteiger partial charge in [-0.2, -0.15) is 0 Å². The Morgan fingerprint density at radius 3 is 2.21 bits per heavy atom. The van der Waals surface area contributed by atoms with Gasteiger partial charge in [0.2, 0.25) is 5.91 Å². The summed E-state index contributed by atoms with van der Waals surface area (Å²) in [5.41, 5.74) is 4.87. The Morgan fingerprint density at radius 2 is 1.89 bits per heavy atom. The van der Waals surface area contributed by atoms with Gasteiger partial charge in [0.1, 0.15) is 0 Å². The van der Waals surface area contributed by atoms with E-state index in [-0.39, 0.29) is 23.7 Å². The van der Waals surface area contributed by atoms with Crippen molar-refractivity contribution in [3.8, 4) is 0 Å². The number of carbonyl (C=O) groups is 2. The number of aliphatic carboxylic acids is 1. The van der Waals surface area contributed by atoms with Crippen molar-refractivity contribution in [1.29, 1.82) is 0 Å². The molecule has 2 unspecified atom stereocenters. The standard InChI is InChI=1S/C14H26N2O3/c1-9(2)11(7-15)12(17)16-6-5-14(8-16,10(3)4)13(18)19/h9-11H,5-8,15H2,1-4H3,(H,18,19). The minimum atomic E-state index is -0.800. The summed E-state index contributed by atoms with van der Waals surface area (Å²) in [6.45, 7) is 8.90. The molecule has 110 valence electrons. The molecule has 2 atom stereocenters. The number of hydrogen-bond donors (Lipinski definition) is 2. The molecule has 0 spiro atoms. The summed E-state index contributed by atoms with van der Waals surface area (Å²) in [5.74, 6) is -0.820. The molecule has 0 aromatic rings. The number of likely N-dealkylation sites (tertiary alicyclic amines) is 1. The third-order valence-electron chi connectivity index (χ3n) is 4.52. The van der Waals surface area contributed by atoms with Crippen molar-refractivity contribution in [3.05, 3.63) is 0 Å². The van der Waals surface area contributed by atoms with Crippen LogP contribution in [0.4, 0.5) is 0 Å². The highest BCUT2D eigenvalue weighted by molar-refractivity contribution is 5.82. The van der Waals surface area contributed by atoms with Gasteiger partial charge in [-0.25, -0.2) is 0 Å². The van der Waals surface area contributed by atoms with E-state index in [4.69, 9.17) is 5.73 Å². The van der Waals surface area contributed by atoms with Crippen molar-refractivity contribution in [3.63, 3.8) is 0 Å². The minimum absolute atomic E-state index is 0.00118. The molecule has 0 bridgehead atoms. The van der Waals surface area contributed by atoms with E-state index in [1.165, 1.54) is 0 Å². The molecule has 1 aliphatic rings. The minimum Gasteiger partial charge on any atom is -0.481 e. The third-order valence-corrected chi connectivity index (χ3v) is 4.52. The van der Waals surface area contributed by atoms with Crippen molar-refractivity contribution < 1.29 is 14.7 Å². The Hall–Kier alpha value is -1.10. The molecular weight excluding hydrogens is 244 g/mol. The van der Waals surface area contributed by atoms with E-state index in [2.05, 4.69) is 0 Å². The lowest BCUT2D eigenvalue weighted by Crippen LogP contribution is -2.44. The van der Waals surface area contributed by atoms with Gasteiger partial charge in [0.05, 0.1) is 11.3 Å². The van der Waals surface area contributed by atoms with Crippen molar-refractivity contribution in [2.75, 3.05) is 19.6 Å². The van der Waals surface area contributed by atoms with Gasteiger partial charge < -0.3 is 15.7 Å². The number of nitrogens with zero attached hydrogens (tertiary/aromatic N) is 1. The van der Waals surface area contributed by atoms with Crippen LogP contribution in [0.25, 0.3) is 0 Å². The zero-order valence-electron chi connectivity index (χ0n) is 12.3. The molecule has 0 saturated carbocycles. The van der Waals surface area contributed by atoms with Gasteiger partial charge in [0.25, 0.3) is 0 Å². The second-order valence-corrected chi connectivity index (χ2v) is 6.21. The first-order valence-electron chi connectivity index (χ1n) is 6.98. The summed E-state index contributed by atoms with van der Waals surface area (Å²) in [7, 11) is 0. The van der Waals surface area contributed by atoms with Gasteiger partial charge in [-0.15, -0.1) is 0 Å². The first-order valence-corrected chi connectivity index (χ1v) is 6.98. The first-order chi connectivity index (χ1) is 8.76. The maximum absolute atomic E-state index is 12.4. The van der Waals surface area contributed by atoms with E-state index in [1.807, 2.05) is 27.7 Å². The molecule has 1 saturated heterocycles. The number of hydrogen-bond acceptors (Lipinski definition) is 3. The van der Waals surface area contributed by atoms with Crippen LogP contribution in [0.1, 0.15) is 34.1 Å². The van der Waals surface area contributed by atoms with Gasteiger partial charge in [-0.1, -0.05) is 27.7 Å². The largest absolute Gasteiger partial charge is 0.481 e. The zero-order valence-corrected chi connectivity index (χ0v) is 12.3. The summed E-state index contributed by atoms with van der Waals surface area (Å²) < 4.78 is 0. The summed E-state index contributed by atoms with van der Waals surface area (Å²) >= 11 is 0. The lowest BCUT2D eigenvalue weighted by Gasteiger charge is -2.30. The predicted molar refractivity (Wildman–Crippen MR) is 73.5 cm³/mol. The lowest BCUT2D eigenvalue weighted by molar-refractivity contribution is -0.151. The predicted octanol–water partition coefficient (Wildman–Crippen LogP) is 1.18. The maximum Gasteiger partial charge on any atom is 0.311 e. The molecule has 3 N–H and O–H groups in total. The fourth-order valence-corrected chi connectivity index (χ4v) is 2.81. The summed E-state index contributed by atoms with van der Waals surface area (Å²) in [4.78, 5) is 25.6.